The average Bonchev–Trinajstić information content (AvgIpc) is 2.48. The van der Waals surface area contributed by atoms with Crippen molar-refractivity contribution >= 4 is 17.5 Å². The number of carbonyl (C=O) groups is 2. The Balaban J connectivity index is 2.86. The number of hydrogen-bond donors (Lipinski definition) is 2. The number of nitrogens with zero attached hydrogens (tertiary/aromatic N) is 2. The molecule has 0 spiro atoms. The number of amides is 2. The van der Waals surface area contributed by atoms with Crippen molar-refractivity contribution in [3.05, 3.63) is 30.1 Å². The van der Waals surface area contributed by atoms with E-state index in [0.29, 0.717) is 18.8 Å². The number of nitrogens with two attached hydrogens (primary N) is 1. The lowest BCUT2D eigenvalue weighted by molar-refractivity contribution is -0.120. The number of rotatable bonds is 9. The quantitative estimate of drug-likeness (QED) is 0.689. The number of halogens is 1. The summed E-state index contributed by atoms with van der Waals surface area (Å²) in [6.45, 7) is 3.08. The molecule has 0 aliphatic carbocycles. The number of primary amides is 1. The molecule has 0 unspecified atom stereocenters. The van der Waals surface area contributed by atoms with E-state index in [4.69, 9.17) is 10.8 Å². The van der Waals surface area contributed by atoms with Crippen molar-refractivity contribution in [2.24, 2.45) is 5.73 Å². The smallest absolute Gasteiger partial charge is 0.241 e. The molecule has 0 saturated heterocycles. The Bertz CT molecular complexity index is 493. The van der Waals surface area contributed by atoms with Gasteiger partial charge in [0.05, 0.1) is 13.2 Å². The second-order valence-corrected chi connectivity index (χ2v) is 4.83. The Hall–Kier alpha value is -1.99. The molecule has 0 bridgehead atoms. The van der Waals surface area contributed by atoms with Gasteiger partial charge >= 0.3 is 0 Å². The minimum Gasteiger partial charge on any atom is -0.395 e. The van der Waals surface area contributed by atoms with E-state index in [1.165, 1.54) is 29.2 Å². The number of carbonyl (C=O) groups excluding carboxylic acids is 2. The summed E-state index contributed by atoms with van der Waals surface area (Å²) in [6.07, 6.45) is 0.0231. The Kier molecular flexibility index (Phi) is 7.48. The van der Waals surface area contributed by atoms with Crippen molar-refractivity contribution < 1.29 is 19.1 Å². The highest BCUT2D eigenvalue weighted by molar-refractivity contribution is 5.95. The molecule has 2 amide bonds. The molecule has 0 heterocycles. The number of anilines is 1. The molecule has 0 aliphatic heterocycles. The van der Waals surface area contributed by atoms with Gasteiger partial charge in [-0.15, -0.1) is 0 Å². The summed E-state index contributed by atoms with van der Waals surface area (Å²) < 4.78 is 13.0. The highest BCUT2D eigenvalue weighted by Gasteiger charge is 2.19. The van der Waals surface area contributed by atoms with Crippen LogP contribution in [0.2, 0.25) is 0 Å². The molecule has 7 heteroatoms. The summed E-state index contributed by atoms with van der Waals surface area (Å²) in [6, 6.07) is 5.48. The first-order chi connectivity index (χ1) is 10.5. The van der Waals surface area contributed by atoms with Gasteiger partial charge in [-0.2, -0.15) is 0 Å². The normalized spacial score (nSPS) is 10.7. The first-order valence-corrected chi connectivity index (χ1v) is 7.15. The van der Waals surface area contributed by atoms with Crippen LogP contribution in [0.4, 0.5) is 10.1 Å². The number of likely N-dealkylation sites (N-methyl/N-ethyl adjacent to an activating group) is 1. The number of aliphatic hydroxyl groups excluding tert-OH is 1. The first kappa shape index (κ1) is 18.1. The lowest BCUT2D eigenvalue weighted by Gasteiger charge is -2.26. The van der Waals surface area contributed by atoms with Crippen LogP contribution in [0.1, 0.15) is 13.3 Å². The van der Waals surface area contributed by atoms with Crippen LogP contribution in [0, 0.1) is 5.82 Å². The molecule has 3 N–H and O–H groups in total. The van der Waals surface area contributed by atoms with E-state index in [1.54, 1.807) is 4.90 Å². The third-order valence-corrected chi connectivity index (χ3v) is 3.24. The van der Waals surface area contributed by atoms with Crippen molar-refractivity contribution in [2.75, 3.05) is 37.7 Å². The van der Waals surface area contributed by atoms with Crippen molar-refractivity contribution in [3.63, 3.8) is 0 Å². The number of aliphatic hydroxyl groups is 1. The largest absolute Gasteiger partial charge is 0.395 e. The molecule has 6 nitrogen and oxygen atoms in total. The Labute approximate surface area is 129 Å². The SMILES string of the molecule is CCN(CCO)CC(=O)N(CCC(N)=O)c1ccc(F)cc1. The van der Waals surface area contributed by atoms with Crippen molar-refractivity contribution in [3.8, 4) is 0 Å². The molecule has 0 aromatic heterocycles. The van der Waals surface area contributed by atoms with E-state index in [2.05, 4.69) is 0 Å². The zero-order valence-electron chi connectivity index (χ0n) is 12.7. The van der Waals surface area contributed by atoms with Crippen LogP contribution in [-0.4, -0.2) is 54.6 Å². The molecule has 122 valence electrons. The molecule has 0 fully saturated rings. The zero-order valence-corrected chi connectivity index (χ0v) is 12.7. The predicted octanol–water partition coefficient (Wildman–Crippen LogP) is 0.348. The molecule has 1 rings (SSSR count). The third-order valence-electron chi connectivity index (χ3n) is 3.24. The fourth-order valence-corrected chi connectivity index (χ4v) is 2.01. The monoisotopic (exact) mass is 311 g/mol. The van der Waals surface area contributed by atoms with E-state index < -0.39 is 11.7 Å². The van der Waals surface area contributed by atoms with E-state index >= 15 is 0 Å². The maximum atomic E-state index is 13.0. The van der Waals surface area contributed by atoms with Crippen LogP contribution in [0.5, 0.6) is 0 Å². The Morgan fingerprint density at radius 1 is 1.23 bits per heavy atom. The highest BCUT2D eigenvalue weighted by atomic mass is 19.1. The topological polar surface area (TPSA) is 86.9 Å². The molecule has 1 aromatic rings. The minimum absolute atomic E-state index is 0.0231. The van der Waals surface area contributed by atoms with Gasteiger partial charge in [-0.1, -0.05) is 6.92 Å². The van der Waals surface area contributed by atoms with Gasteiger partial charge in [0.1, 0.15) is 5.82 Å². The molecule has 0 radical (unpaired) electrons. The van der Waals surface area contributed by atoms with Crippen LogP contribution in [0.25, 0.3) is 0 Å². The number of benzene rings is 1. The van der Waals surface area contributed by atoms with Crippen LogP contribution in [-0.2, 0) is 9.59 Å². The minimum atomic E-state index is -0.511. The van der Waals surface area contributed by atoms with Crippen LogP contribution < -0.4 is 10.6 Å². The lowest BCUT2D eigenvalue weighted by Crippen LogP contribution is -2.42. The van der Waals surface area contributed by atoms with Gasteiger partial charge in [0.25, 0.3) is 0 Å². The van der Waals surface area contributed by atoms with Crippen LogP contribution in [0.3, 0.4) is 0 Å². The molecular weight excluding hydrogens is 289 g/mol. The molecule has 0 atom stereocenters. The van der Waals surface area contributed by atoms with Crippen molar-refractivity contribution in [1.82, 2.24) is 4.90 Å². The Morgan fingerprint density at radius 2 is 1.86 bits per heavy atom. The van der Waals surface area contributed by atoms with Crippen LogP contribution >= 0.6 is 0 Å². The molecule has 0 saturated carbocycles. The lowest BCUT2D eigenvalue weighted by atomic mass is 10.2. The van der Waals surface area contributed by atoms with E-state index in [9.17, 15) is 14.0 Å². The fraction of sp³-hybridized carbons (Fsp3) is 0.467. The predicted molar refractivity (Wildman–Crippen MR) is 81.8 cm³/mol. The second kappa shape index (κ2) is 9.11. The van der Waals surface area contributed by atoms with E-state index in [-0.39, 0.29) is 32.0 Å². The van der Waals surface area contributed by atoms with Gasteiger partial charge < -0.3 is 15.7 Å². The zero-order chi connectivity index (χ0) is 16.5. The van der Waals surface area contributed by atoms with Crippen molar-refractivity contribution in [1.29, 1.82) is 0 Å². The van der Waals surface area contributed by atoms with E-state index in [1.807, 2.05) is 6.92 Å². The summed E-state index contributed by atoms with van der Waals surface area (Å²) in [5.74, 6) is -1.15. The summed E-state index contributed by atoms with van der Waals surface area (Å²) in [7, 11) is 0. The van der Waals surface area contributed by atoms with Crippen molar-refractivity contribution in [2.45, 2.75) is 13.3 Å². The highest BCUT2D eigenvalue weighted by Crippen LogP contribution is 2.16. The Morgan fingerprint density at radius 3 is 2.36 bits per heavy atom. The summed E-state index contributed by atoms with van der Waals surface area (Å²) in [5, 5.41) is 8.97. The molecule has 1 aromatic carbocycles. The summed E-state index contributed by atoms with van der Waals surface area (Å²) >= 11 is 0. The molecule has 0 aliphatic rings. The van der Waals surface area contributed by atoms with Gasteiger partial charge in [-0.05, 0) is 30.8 Å². The summed E-state index contributed by atoms with van der Waals surface area (Å²) in [4.78, 5) is 26.6. The van der Waals surface area contributed by atoms with Gasteiger partial charge in [0, 0.05) is 25.2 Å². The van der Waals surface area contributed by atoms with Gasteiger partial charge in [0.2, 0.25) is 11.8 Å². The van der Waals surface area contributed by atoms with Gasteiger partial charge in [-0.25, -0.2) is 4.39 Å². The fourth-order valence-electron chi connectivity index (χ4n) is 2.01. The van der Waals surface area contributed by atoms with E-state index in [0.717, 1.165) is 0 Å². The number of hydrogen-bond acceptors (Lipinski definition) is 4. The van der Waals surface area contributed by atoms with Gasteiger partial charge in [-0.3, -0.25) is 14.5 Å². The van der Waals surface area contributed by atoms with Gasteiger partial charge in [0.15, 0.2) is 0 Å². The third kappa shape index (κ3) is 5.79. The summed E-state index contributed by atoms with van der Waals surface area (Å²) in [5.41, 5.74) is 5.64. The standard InChI is InChI=1S/C15H22FN3O3/c1-2-18(9-10-20)11-15(22)19(8-7-14(17)21)13-5-3-12(16)4-6-13/h3-6,20H,2,7-11H2,1H3,(H2,17,21). The first-order valence-electron chi connectivity index (χ1n) is 7.15. The van der Waals surface area contributed by atoms with Crippen LogP contribution in [0.15, 0.2) is 24.3 Å². The molecular formula is C15H22FN3O3. The maximum Gasteiger partial charge on any atom is 0.241 e. The average molecular weight is 311 g/mol. The maximum absolute atomic E-state index is 13.0. The molecule has 22 heavy (non-hydrogen) atoms. The second-order valence-electron chi connectivity index (χ2n) is 4.83.